The summed E-state index contributed by atoms with van der Waals surface area (Å²) in [7, 11) is 0. The second kappa shape index (κ2) is 7.33. The van der Waals surface area contributed by atoms with Crippen molar-refractivity contribution in [3.8, 4) is 11.3 Å². The molecule has 1 heterocycles. The van der Waals surface area contributed by atoms with Gasteiger partial charge in [0.25, 0.3) is 5.91 Å². The lowest BCUT2D eigenvalue weighted by molar-refractivity contribution is -0.118. The number of amides is 2. The SMILES string of the molecule is CC(=O)NCCNC(=O)c1ccc(-c2cc(Cl)ccc2Cl)o1. The summed E-state index contributed by atoms with van der Waals surface area (Å²) in [6, 6.07) is 8.21. The fraction of sp³-hybridized carbons (Fsp3) is 0.200. The molecular weight excluding hydrogens is 327 g/mol. The summed E-state index contributed by atoms with van der Waals surface area (Å²) in [6.07, 6.45) is 0. The van der Waals surface area contributed by atoms with Gasteiger partial charge in [0.2, 0.25) is 5.91 Å². The van der Waals surface area contributed by atoms with E-state index >= 15 is 0 Å². The standard InChI is InChI=1S/C15H14Cl2N2O3/c1-9(20)18-6-7-19-15(21)14-5-4-13(22-14)11-8-10(16)2-3-12(11)17/h2-5,8H,6-7H2,1H3,(H,18,20)(H,19,21). The molecule has 0 spiro atoms. The maximum Gasteiger partial charge on any atom is 0.287 e. The molecule has 2 aromatic rings. The number of carbonyl (C=O) groups excluding carboxylic acids is 2. The maximum absolute atomic E-state index is 11.9. The first-order valence-corrected chi connectivity index (χ1v) is 7.31. The van der Waals surface area contributed by atoms with E-state index < -0.39 is 0 Å². The smallest absolute Gasteiger partial charge is 0.287 e. The van der Waals surface area contributed by atoms with Crippen molar-refractivity contribution in [1.82, 2.24) is 10.6 Å². The number of rotatable bonds is 5. The molecule has 5 nitrogen and oxygen atoms in total. The van der Waals surface area contributed by atoms with Crippen molar-refractivity contribution in [2.45, 2.75) is 6.92 Å². The van der Waals surface area contributed by atoms with E-state index in [0.717, 1.165) is 0 Å². The lowest BCUT2D eigenvalue weighted by Crippen LogP contribution is -2.33. The van der Waals surface area contributed by atoms with E-state index in [9.17, 15) is 9.59 Å². The summed E-state index contributed by atoms with van der Waals surface area (Å²) in [4.78, 5) is 22.6. The van der Waals surface area contributed by atoms with Crippen molar-refractivity contribution >= 4 is 35.0 Å². The van der Waals surface area contributed by atoms with Crippen LogP contribution in [0.15, 0.2) is 34.7 Å². The molecule has 2 rings (SSSR count). The molecule has 0 saturated heterocycles. The molecule has 0 radical (unpaired) electrons. The average Bonchev–Trinajstić information content (AvgIpc) is 2.95. The molecule has 1 aromatic carbocycles. The monoisotopic (exact) mass is 340 g/mol. The van der Waals surface area contributed by atoms with Crippen molar-refractivity contribution < 1.29 is 14.0 Å². The highest BCUT2D eigenvalue weighted by Crippen LogP contribution is 2.31. The predicted molar refractivity (Wildman–Crippen MR) is 85.2 cm³/mol. The van der Waals surface area contributed by atoms with Gasteiger partial charge in [-0.3, -0.25) is 9.59 Å². The molecule has 0 saturated carbocycles. The van der Waals surface area contributed by atoms with Crippen LogP contribution in [0.25, 0.3) is 11.3 Å². The van der Waals surface area contributed by atoms with Crippen molar-refractivity contribution in [1.29, 1.82) is 0 Å². The van der Waals surface area contributed by atoms with Gasteiger partial charge in [-0.15, -0.1) is 0 Å². The zero-order valence-corrected chi connectivity index (χ0v) is 13.3. The predicted octanol–water partition coefficient (Wildman–Crippen LogP) is 3.12. The van der Waals surface area contributed by atoms with Crippen LogP contribution in [0.5, 0.6) is 0 Å². The van der Waals surface area contributed by atoms with Gasteiger partial charge in [-0.2, -0.15) is 0 Å². The van der Waals surface area contributed by atoms with Crippen LogP contribution in [0.2, 0.25) is 10.0 Å². The summed E-state index contributed by atoms with van der Waals surface area (Å²) in [6.45, 7) is 2.08. The van der Waals surface area contributed by atoms with Gasteiger partial charge in [-0.25, -0.2) is 0 Å². The van der Waals surface area contributed by atoms with Crippen LogP contribution in [0, 0.1) is 0 Å². The molecule has 22 heavy (non-hydrogen) atoms. The van der Waals surface area contributed by atoms with Crippen LogP contribution in [0.1, 0.15) is 17.5 Å². The van der Waals surface area contributed by atoms with Gasteiger partial charge in [-0.05, 0) is 30.3 Å². The van der Waals surface area contributed by atoms with Crippen LogP contribution < -0.4 is 10.6 Å². The quantitative estimate of drug-likeness (QED) is 0.821. The fourth-order valence-electron chi connectivity index (χ4n) is 1.79. The molecule has 116 valence electrons. The number of halogens is 2. The minimum absolute atomic E-state index is 0.148. The van der Waals surface area contributed by atoms with Gasteiger partial charge >= 0.3 is 0 Å². The first kappa shape index (κ1) is 16.4. The van der Waals surface area contributed by atoms with Crippen molar-refractivity contribution in [2.75, 3.05) is 13.1 Å². The molecule has 7 heteroatoms. The van der Waals surface area contributed by atoms with E-state index in [1.54, 1.807) is 30.3 Å². The van der Waals surface area contributed by atoms with Crippen LogP contribution in [0.4, 0.5) is 0 Å². The Kier molecular flexibility index (Phi) is 5.46. The van der Waals surface area contributed by atoms with Crippen LogP contribution >= 0.6 is 23.2 Å². The van der Waals surface area contributed by atoms with Crippen molar-refractivity contribution in [3.63, 3.8) is 0 Å². The molecule has 0 aliphatic carbocycles. The van der Waals surface area contributed by atoms with Crippen LogP contribution in [-0.4, -0.2) is 24.9 Å². The van der Waals surface area contributed by atoms with E-state index in [0.29, 0.717) is 34.5 Å². The minimum Gasteiger partial charge on any atom is -0.451 e. The second-order valence-corrected chi connectivity index (χ2v) is 5.37. The van der Waals surface area contributed by atoms with Crippen molar-refractivity contribution in [3.05, 3.63) is 46.1 Å². The molecule has 0 fully saturated rings. The lowest BCUT2D eigenvalue weighted by atomic mass is 10.2. The van der Waals surface area contributed by atoms with Gasteiger partial charge < -0.3 is 15.1 Å². The Bertz CT molecular complexity index is 698. The number of furan rings is 1. The Morgan fingerprint density at radius 1 is 1.09 bits per heavy atom. The third-order valence-corrected chi connectivity index (χ3v) is 3.37. The van der Waals surface area contributed by atoms with Gasteiger partial charge in [-0.1, -0.05) is 23.2 Å². The number of hydrogen-bond acceptors (Lipinski definition) is 3. The molecule has 2 N–H and O–H groups in total. The molecule has 1 aromatic heterocycles. The molecule has 0 aliphatic heterocycles. The lowest BCUT2D eigenvalue weighted by Gasteiger charge is -2.04. The Morgan fingerprint density at radius 3 is 2.55 bits per heavy atom. The van der Waals surface area contributed by atoms with Gasteiger partial charge in [0.15, 0.2) is 5.76 Å². The molecular formula is C15H14Cl2N2O3. The Labute approximate surface area is 137 Å². The maximum atomic E-state index is 11.9. The van der Waals surface area contributed by atoms with E-state index in [-0.39, 0.29) is 17.6 Å². The topological polar surface area (TPSA) is 71.3 Å². The van der Waals surface area contributed by atoms with Crippen LogP contribution in [0.3, 0.4) is 0 Å². The van der Waals surface area contributed by atoms with E-state index in [1.165, 1.54) is 6.92 Å². The Balaban J connectivity index is 2.03. The average molecular weight is 341 g/mol. The second-order valence-electron chi connectivity index (χ2n) is 4.53. The normalized spacial score (nSPS) is 10.3. The molecule has 0 unspecified atom stereocenters. The highest BCUT2D eigenvalue weighted by atomic mass is 35.5. The molecule has 0 bridgehead atoms. The molecule has 0 aliphatic rings. The summed E-state index contributed by atoms with van der Waals surface area (Å²) in [5.41, 5.74) is 0.617. The number of nitrogens with one attached hydrogen (secondary N) is 2. The van der Waals surface area contributed by atoms with Gasteiger partial charge in [0.1, 0.15) is 5.76 Å². The Hall–Kier alpha value is -1.98. The third-order valence-electron chi connectivity index (χ3n) is 2.81. The summed E-state index contributed by atoms with van der Waals surface area (Å²) < 4.78 is 5.50. The Morgan fingerprint density at radius 2 is 1.82 bits per heavy atom. The van der Waals surface area contributed by atoms with E-state index in [2.05, 4.69) is 10.6 Å². The highest BCUT2D eigenvalue weighted by Gasteiger charge is 2.14. The summed E-state index contributed by atoms with van der Waals surface area (Å²) in [5, 5.41) is 6.23. The highest BCUT2D eigenvalue weighted by molar-refractivity contribution is 6.35. The minimum atomic E-state index is -0.366. The molecule has 0 atom stereocenters. The van der Waals surface area contributed by atoms with Gasteiger partial charge in [0.05, 0.1) is 5.02 Å². The van der Waals surface area contributed by atoms with E-state index in [1.807, 2.05) is 0 Å². The zero-order valence-electron chi connectivity index (χ0n) is 11.8. The fourth-order valence-corrected chi connectivity index (χ4v) is 2.18. The van der Waals surface area contributed by atoms with Crippen molar-refractivity contribution in [2.24, 2.45) is 0 Å². The number of carbonyl (C=O) groups is 2. The van der Waals surface area contributed by atoms with Gasteiger partial charge in [0, 0.05) is 30.6 Å². The van der Waals surface area contributed by atoms with Crippen LogP contribution in [-0.2, 0) is 4.79 Å². The molecule has 2 amide bonds. The van der Waals surface area contributed by atoms with E-state index in [4.69, 9.17) is 27.6 Å². The third kappa shape index (κ3) is 4.26. The number of hydrogen-bond donors (Lipinski definition) is 2. The summed E-state index contributed by atoms with van der Waals surface area (Å²) >= 11 is 12.0. The number of benzene rings is 1. The zero-order chi connectivity index (χ0) is 16.1. The first-order chi connectivity index (χ1) is 10.5. The largest absolute Gasteiger partial charge is 0.451 e. The first-order valence-electron chi connectivity index (χ1n) is 6.55. The summed E-state index contributed by atoms with van der Waals surface area (Å²) in [5.74, 6) is 0.105.